The molecule has 0 rings (SSSR count). The maximum atomic E-state index is 10.2. The molecule has 0 radical (unpaired) electrons. The Morgan fingerprint density at radius 2 is 1.47 bits per heavy atom. The molecular weight excluding hydrogens is 252 g/mol. The summed E-state index contributed by atoms with van der Waals surface area (Å²) in [4.78, 5) is 30.4. The highest BCUT2D eigenvalue weighted by Gasteiger charge is 2.06. The van der Waals surface area contributed by atoms with Gasteiger partial charge in [-0.05, 0) is 6.42 Å². The van der Waals surface area contributed by atoms with E-state index >= 15 is 0 Å². The van der Waals surface area contributed by atoms with Gasteiger partial charge in [-0.15, -0.1) is 0 Å². The van der Waals surface area contributed by atoms with Crippen molar-refractivity contribution in [3.63, 3.8) is 0 Å². The SMILES string of the molecule is CC(=O)OC(C)OC(C)=O.CCCCCCC(=O)O. The first-order chi connectivity index (χ1) is 8.79. The zero-order valence-electron chi connectivity index (χ0n) is 12.1. The maximum Gasteiger partial charge on any atom is 0.305 e. The monoisotopic (exact) mass is 276 g/mol. The van der Waals surface area contributed by atoms with Crippen molar-refractivity contribution in [2.45, 2.75) is 66.1 Å². The molecule has 0 aromatic rings. The van der Waals surface area contributed by atoms with E-state index in [1.54, 1.807) is 0 Å². The molecule has 0 saturated carbocycles. The van der Waals surface area contributed by atoms with Crippen LogP contribution >= 0.6 is 0 Å². The van der Waals surface area contributed by atoms with Crippen LogP contribution in [0.4, 0.5) is 0 Å². The van der Waals surface area contributed by atoms with Gasteiger partial charge in [0.1, 0.15) is 0 Å². The van der Waals surface area contributed by atoms with Gasteiger partial charge >= 0.3 is 17.9 Å². The summed E-state index contributed by atoms with van der Waals surface area (Å²) in [5.41, 5.74) is 0. The zero-order valence-corrected chi connectivity index (χ0v) is 12.1. The lowest BCUT2D eigenvalue weighted by molar-refractivity contribution is -0.181. The average molecular weight is 276 g/mol. The lowest BCUT2D eigenvalue weighted by atomic mass is 10.2. The fourth-order valence-corrected chi connectivity index (χ4v) is 1.19. The summed E-state index contributed by atoms with van der Waals surface area (Å²) in [6, 6.07) is 0. The van der Waals surface area contributed by atoms with Crippen LogP contribution < -0.4 is 0 Å². The Morgan fingerprint density at radius 1 is 1.00 bits per heavy atom. The van der Waals surface area contributed by atoms with Gasteiger partial charge in [0.2, 0.25) is 6.29 Å². The van der Waals surface area contributed by atoms with Crippen molar-refractivity contribution < 1.29 is 29.0 Å². The van der Waals surface area contributed by atoms with Gasteiger partial charge in [0.25, 0.3) is 0 Å². The van der Waals surface area contributed by atoms with E-state index in [1.807, 2.05) is 0 Å². The summed E-state index contributed by atoms with van der Waals surface area (Å²) in [5, 5.41) is 8.21. The van der Waals surface area contributed by atoms with Gasteiger partial charge in [-0.1, -0.05) is 26.2 Å². The fraction of sp³-hybridized carbons (Fsp3) is 0.769. The van der Waals surface area contributed by atoms with E-state index in [2.05, 4.69) is 16.4 Å². The number of hydrogen-bond donors (Lipinski definition) is 1. The minimum absolute atomic E-state index is 0.333. The molecule has 0 aliphatic rings. The third kappa shape index (κ3) is 22.1. The van der Waals surface area contributed by atoms with Crippen molar-refractivity contribution in [1.82, 2.24) is 0 Å². The predicted molar refractivity (Wildman–Crippen MR) is 69.4 cm³/mol. The van der Waals surface area contributed by atoms with E-state index in [-0.39, 0.29) is 0 Å². The Balaban J connectivity index is 0. The van der Waals surface area contributed by atoms with Crippen LogP contribution in [0.1, 0.15) is 59.8 Å². The second kappa shape index (κ2) is 12.9. The van der Waals surface area contributed by atoms with Crippen LogP contribution in [-0.4, -0.2) is 29.3 Å². The number of carboxylic acids is 1. The highest BCUT2D eigenvalue weighted by molar-refractivity contribution is 5.68. The molecule has 0 aliphatic carbocycles. The van der Waals surface area contributed by atoms with Crippen LogP contribution in [-0.2, 0) is 23.9 Å². The maximum absolute atomic E-state index is 10.2. The molecule has 0 aromatic carbocycles. The fourth-order valence-electron chi connectivity index (χ4n) is 1.19. The summed E-state index contributed by atoms with van der Waals surface area (Å²) < 4.78 is 8.96. The van der Waals surface area contributed by atoms with Gasteiger partial charge in [-0.25, -0.2) is 0 Å². The normalized spacial score (nSPS) is 9.32. The van der Waals surface area contributed by atoms with Crippen molar-refractivity contribution in [2.24, 2.45) is 0 Å². The largest absolute Gasteiger partial charge is 0.481 e. The number of ether oxygens (including phenoxy) is 2. The molecule has 0 aromatic heterocycles. The lowest BCUT2D eigenvalue weighted by Crippen LogP contribution is -2.18. The number of carbonyl (C=O) groups excluding carboxylic acids is 2. The number of carbonyl (C=O) groups is 3. The van der Waals surface area contributed by atoms with Crippen LogP contribution in [0.2, 0.25) is 0 Å². The molecule has 19 heavy (non-hydrogen) atoms. The van der Waals surface area contributed by atoms with Gasteiger partial charge < -0.3 is 14.6 Å². The highest BCUT2D eigenvalue weighted by Crippen LogP contribution is 2.01. The molecule has 0 bridgehead atoms. The number of unbranched alkanes of at least 4 members (excludes halogenated alkanes) is 3. The first-order valence-corrected chi connectivity index (χ1v) is 6.35. The van der Waals surface area contributed by atoms with Crippen LogP contribution in [0.15, 0.2) is 0 Å². The molecule has 0 heterocycles. The third-order valence-electron chi connectivity index (χ3n) is 1.91. The third-order valence-corrected chi connectivity index (χ3v) is 1.91. The van der Waals surface area contributed by atoms with Gasteiger partial charge in [-0.2, -0.15) is 0 Å². The number of rotatable bonds is 7. The molecule has 112 valence electrons. The Bertz CT molecular complexity index is 258. The van der Waals surface area contributed by atoms with Gasteiger partial charge in [-0.3, -0.25) is 14.4 Å². The smallest absolute Gasteiger partial charge is 0.305 e. The number of hydrogen-bond acceptors (Lipinski definition) is 5. The minimum atomic E-state index is -0.782. The van der Waals surface area contributed by atoms with E-state index in [4.69, 9.17) is 5.11 Å². The molecule has 0 atom stereocenters. The number of carboxylic acid groups (broad SMARTS) is 1. The van der Waals surface area contributed by atoms with E-state index in [9.17, 15) is 14.4 Å². The molecule has 6 nitrogen and oxygen atoms in total. The van der Waals surface area contributed by atoms with E-state index in [1.165, 1.54) is 27.2 Å². The quantitative estimate of drug-likeness (QED) is 0.436. The summed E-state index contributed by atoms with van der Waals surface area (Å²) >= 11 is 0. The topological polar surface area (TPSA) is 89.9 Å². The molecule has 0 unspecified atom stereocenters. The summed E-state index contributed by atoms with van der Waals surface area (Å²) in [7, 11) is 0. The van der Waals surface area contributed by atoms with Crippen molar-refractivity contribution >= 4 is 17.9 Å². The molecule has 0 amide bonds. The molecule has 0 aliphatic heterocycles. The Kier molecular flexibility index (Phi) is 13.4. The van der Waals surface area contributed by atoms with Crippen molar-refractivity contribution in [3.05, 3.63) is 0 Å². The number of aliphatic carboxylic acids is 1. The second-order valence-electron chi connectivity index (χ2n) is 3.99. The minimum Gasteiger partial charge on any atom is -0.481 e. The summed E-state index contributed by atoms with van der Waals surface area (Å²) in [5.74, 6) is -1.60. The van der Waals surface area contributed by atoms with E-state index in [0.29, 0.717) is 6.42 Å². The Labute approximate surface area is 114 Å². The Hall–Kier alpha value is -1.59. The van der Waals surface area contributed by atoms with Crippen molar-refractivity contribution in [2.75, 3.05) is 0 Å². The van der Waals surface area contributed by atoms with Crippen molar-refractivity contribution in [3.8, 4) is 0 Å². The van der Waals surface area contributed by atoms with Crippen LogP contribution in [0.3, 0.4) is 0 Å². The van der Waals surface area contributed by atoms with Crippen LogP contribution in [0.25, 0.3) is 0 Å². The van der Waals surface area contributed by atoms with Crippen molar-refractivity contribution in [1.29, 1.82) is 0 Å². The highest BCUT2D eigenvalue weighted by atomic mass is 16.7. The second-order valence-corrected chi connectivity index (χ2v) is 3.99. The summed E-state index contributed by atoms with van der Waals surface area (Å²) in [6.07, 6.45) is 3.77. The van der Waals surface area contributed by atoms with Gasteiger partial charge in [0.15, 0.2) is 0 Å². The van der Waals surface area contributed by atoms with Gasteiger partial charge in [0.05, 0.1) is 0 Å². The van der Waals surface area contributed by atoms with Crippen LogP contribution in [0, 0.1) is 0 Å². The molecule has 6 heteroatoms. The molecule has 0 spiro atoms. The molecule has 1 N–H and O–H groups in total. The van der Waals surface area contributed by atoms with Crippen LogP contribution in [0.5, 0.6) is 0 Å². The molecule has 0 saturated heterocycles. The first-order valence-electron chi connectivity index (χ1n) is 6.35. The average Bonchev–Trinajstić information content (AvgIpc) is 2.22. The first kappa shape index (κ1) is 19.7. The molecule has 0 fully saturated rings. The Morgan fingerprint density at radius 3 is 1.79 bits per heavy atom. The summed E-state index contributed by atoms with van der Waals surface area (Å²) in [6.45, 7) is 6.09. The lowest BCUT2D eigenvalue weighted by Gasteiger charge is -2.10. The molecular formula is C13H24O6. The number of esters is 2. The predicted octanol–water partition coefficient (Wildman–Crippen LogP) is 2.50. The standard InChI is InChI=1S/C7H14O2.C6H10O4/c1-2-3-4-5-6-7(8)9;1-4(7)9-6(3)10-5(2)8/h2-6H2,1H3,(H,8,9);6H,1-3H3. The zero-order chi connectivity index (χ0) is 15.3. The van der Waals surface area contributed by atoms with E-state index < -0.39 is 24.2 Å². The van der Waals surface area contributed by atoms with Gasteiger partial charge in [0, 0.05) is 27.2 Å². The van der Waals surface area contributed by atoms with E-state index in [0.717, 1.165) is 19.3 Å².